The summed E-state index contributed by atoms with van der Waals surface area (Å²) in [5.74, 6) is -0.0735. The molecule has 160 valence electrons. The fourth-order valence-corrected chi connectivity index (χ4v) is 2.93. The maximum atomic E-state index is 13.3. The minimum absolute atomic E-state index is 0.174. The number of benzene rings is 2. The van der Waals surface area contributed by atoms with E-state index in [-0.39, 0.29) is 17.3 Å². The number of hydrogen-bond acceptors (Lipinski definition) is 4. The minimum atomic E-state index is -4.49. The molecule has 0 radical (unpaired) electrons. The van der Waals surface area contributed by atoms with Crippen LogP contribution in [0.3, 0.4) is 0 Å². The number of allylic oxidation sites excluding steroid dienone is 1. The van der Waals surface area contributed by atoms with E-state index in [4.69, 9.17) is 11.6 Å². The molecule has 0 amide bonds. The number of para-hydroxylation sites is 1. The Balaban J connectivity index is 1.79. The van der Waals surface area contributed by atoms with Crippen molar-refractivity contribution < 1.29 is 18.0 Å². The maximum absolute atomic E-state index is 13.3. The number of nitrogens with one attached hydrogen (secondary N) is 1. The molecule has 0 saturated heterocycles. The monoisotopic (exact) mass is 445 g/mol. The Hall–Kier alpha value is -3.32. The quantitative estimate of drug-likeness (QED) is 0.357. The first-order chi connectivity index (χ1) is 14.6. The second kappa shape index (κ2) is 9.22. The van der Waals surface area contributed by atoms with E-state index in [1.165, 1.54) is 17.2 Å². The van der Waals surface area contributed by atoms with E-state index in [0.29, 0.717) is 21.8 Å². The number of aromatic nitrogens is 1. The van der Waals surface area contributed by atoms with Crippen molar-refractivity contribution in [2.75, 3.05) is 24.3 Å². The number of rotatable bonds is 6. The highest BCUT2D eigenvalue weighted by atomic mass is 35.5. The number of alkyl halides is 3. The third-order valence-corrected chi connectivity index (χ3v) is 4.74. The van der Waals surface area contributed by atoms with Gasteiger partial charge in [0.25, 0.3) is 0 Å². The van der Waals surface area contributed by atoms with Gasteiger partial charge in [-0.25, -0.2) is 4.98 Å². The van der Waals surface area contributed by atoms with E-state index >= 15 is 0 Å². The Morgan fingerprint density at radius 1 is 1.06 bits per heavy atom. The zero-order valence-corrected chi connectivity index (χ0v) is 17.5. The van der Waals surface area contributed by atoms with Crippen molar-refractivity contribution in [2.24, 2.45) is 0 Å². The molecule has 0 aliphatic heterocycles. The molecule has 8 heteroatoms. The van der Waals surface area contributed by atoms with Crippen LogP contribution in [-0.2, 0) is 6.18 Å². The summed E-state index contributed by atoms with van der Waals surface area (Å²) in [6.45, 7) is 0. The van der Waals surface area contributed by atoms with Gasteiger partial charge in [-0.3, -0.25) is 4.79 Å². The van der Waals surface area contributed by atoms with Gasteiger partial charge in [-0.15, -0.1) is 0 Å². The number of ketones is 1. The molecule has 0 saturated carbocycles. The molecule has 0 unspecified atom stereocenters. The first kappa shape index (κ1) is 22.4. The fourth-order valence-electron chi connectivity index (χ4n) is 2.74. The average Bonchev–Trinajstić information content (AvgIpc) is 2.74. The van der Waals surface area contributed by atoms with Crippen molar-refractivity contribution in [3.05, 3.63) is 89.1 Å². The van der Waals surface area contributed by atoms with E-state index < -0.39 is 11.7 Å². The molecular weight excluding hydrogens is 427 g/mol. The molecule has 0 atom stereocenters. The summed E-state index contributed by atoms with van der Waals surface area (Å²) >= 11 is 6.04. The van der Waals surface area contributed by atoms with Crippen molar-refractivity contribution in [3.63, 3.8) is 0 Å². The zero-order chi connectivity index (χ0) is 22.6. The van der Waals surface area contributed by atoms with E-state index in [0.717, 1.165) is 12.1 Å². The van der Waals surface area contributed by atoms with E-state index in [1.54, 1.807) is 56.6 Å². The number of nitrogens with zero attached hydrogens (tertiary/aromatic N) is 2. The highest BCUT2D eigenvalue weighted by Gasteiger charge is 2.32. The van der Waals surface area contributed by atoms with Crippen LogP contribution in [0.5, 0.6) is 0 Å². The third kappa shape index (κ3) is 5.64. The van der Waals surface area contributed by atoms with Gasteiger partial charge in [0, 0.05) is 37.5 Å². The summed E-state index contributed by atoms with van der Waals surface area (Å²) in [6.07, 6.45) is -1.65. The molecule has 31 heavy (non-hydrogen) atoms. The summed E-state index contributed by atoms with van der Waals surface area (Å²) in [6, 6.07) is 15.3. The number of hydrogen-bond donors (Lipinski definition) is 1. The van der Waals surface area contributed by atoms with Gasteiger partial charge in [-0.05, 0) is 24.3 Å². The molecular formula is C23H19ClF3N3O. The number of carbonyl (C=O) groups excluding carboxylic acids is 1. The molecule has 4 nitrogen and oxygen atoms in total. The summed E-state index contributed by atoms with van der Waals surface area (Å²) in [5.41, 5.74) is 0.920. The molecule has 0 spiro atoms. The summed E-state index contributed by atoms with van der Waals surface area (Å²) in [4.78, 5) is 18.2. The Morgan fingerprint density at radius 2 is 1.74 bits per heavy atom. The highest BCUT2D eigenvalue weighted by Crippen LogP contribution is 2.34. The highest BCUT2D eigenvalue weighted by molar-refractivity contribution is 6.33. The van der Waals surface area contributed by atoms with Crippen LogP contribution in [0.4, 0.5) is 24.7 Å². The third-order valence-electron chi connectivity index (χ3n) is 4.41. The molecule has 2 aromatic carbocycles. The molecule has 0 aliphatic carbocycles. The number of halogens is 4. The molecule has 1 heterocycles. The molecule has 0 bridgehead atoms. The van der Waals surface area contributed by atoms with Crippen molar-refractivity contribution in [1.82, 2.24) is 4.98 Å². The van der Waals surface area contributed by atoms with E-state index in [2.05, 4.69) is 10.3 Å². The lowest BCUT2D eigenvalue weighted by molar-refractivity contribution is -0.137. The van der Waals surface area contributed by atoms with Gasteiger partial charge in [-0.2, -0.15) is 13.2 Å². The van der Waals surface area contributed by atoms with E-state index in [1.807, 2.05) is 6.07 Å². The lowest BCUT2D eigenvalue weighted by Crippen LogP contribution is -2.14. The summed E-state index contributed by atoms with van der Waals surface area (Å²) < 4.78 is 39.8. The molecule has 3 rings (SSSR count). The van der Waals surface area contributed by atoms with Gasteiger partial charge < -0.3 is 10.2 Å². The smallest absolute Gasteiger partial charge is 0.363 e. The van der Waals surface area contributed by atoms with Crippen LogP contribution < -0.4 is 10.2 Å². The largest absolute Gasteiger partial charge is 0.416 e. The predicted octanol–water partition coefficient (Wildman–Crippen LogP) is 6.30. The Kier molecular flexibility index (Phi) is 6.65. The van der Waals surface area contributed by atoms with Crippen LogP contribution in [0.15, 0.2) is 72.9 Å². The van der Waals surface area contributed by atoms with Gasteiger partial charge in [0.2, 0.25) is 0 Å². The SMILES string of the molecule is CN(C)c1cc(C(F)(F)F)cc(-c2ccc(C(=O)C=CNc3ccccc3Cl)cc2)n1. The topological polar surface area (TPSA) is 45.2 Å². The Bertz CT molecular complexity index is 1110. The van der Waals surface area contributed by atoms with Crippen molar-refractivity contribution >= 4 is 28.9 Å². The van der Waals surface area contributed by atoms with Crippen LogP contribution >= 0.6 is 11.6 Å². The first-order valence-electron chi connectivity index (χ1n) is 9.24. The van der Waals surface area contributed by atoms with Crippen LogP contribution in [0.25, 0.3) is 11.3 Å². The lowest BCUT2D eigenvalue weighted by atomic mass is 10.0. The summed E-state index contributed by atoms with van der Waals surface area (Å²) in [7, 11) is 3.24. The van der Waals surface area contributed by atoms with Gasteiger partial charge in [0.05, 0.1) is 22.0 Å². The molecule has 0 fully saturated rings. The van der Waals surface area contributed by atoms with Crippen molar-refractivity contribution in [3.8, 4) is 11.3 Å². The van der Waals surface area contributed by atoms with Crippen LogP contribution in [0.1, 0.15) is 15.9 Å². The second-order valence-corrected chi connectivity index (χ2v) is 7.30. The number of anilines is 2. The Morgan fingerprint density at radius 3 is 2.35 bits per heavy atom. The second-order valence-electron chi connectivity index (χ2n) is 6.89. The number of pyridine rings is 1. The Labute approximate surface area is 183 Å². The molecule has 0 aliphatic rings. The molecule has 3 aromatic rings. The fraction of sp³-hybridized carbons (Fsp3) is 0.130. The number of carbonyl (C=O) groups is 1. The average molecular weight is 446 g/mol. The van der Waals surface area contributed by atoms with E-state index in [9.17, 15) is 18.0 Å². The van der Waals surface area contributed by atoms with Gasteiger partial charge in [0.15, 0.2) is 5.78 Å². The molecule has 1 N–H and O–H groups in total. The summed E-state index contributed by atoms with van der Waals surface area (Å²) in [5, 5.41) is 3.46. The zero-order valence-electron chi connectivity index (χ0n) is 16.7. The van der Waals surface area contributed by atoms with Gasteiger partial charge in [-0.1, -0.05) is 48.0 Å². The maximum Gasteiger partial charge on any atom is 0.416 e. The normalized spacial score (nSPS) is 11.5. The lowest BCUT2D eigenvalue weighted by Gasteiger charge is -2.16. The van der Waals surface area contributed by atoms with Crippen LogP contribution in [0, 0.1) is 0 Å². The van der Waals surface area contributed by atoms with Crippen molar-refractivity contribution in [2.45, 2.75) is 6.18 Å². The van der Waals surface area contributed by atoms with Gasteiger partial charge >= 0.3 is 6.18 Å². The van der Waals surface area contributed by atoms with Crippen LogP contribution in [-0.4, -0.2) is 24.9 Å². The van der Waals surface area contributed by atoms with Crippen LogP contribution in [0.2, 0.25) is 5.02 Å². The first-order valence-corrected chi connectivity index (χ1v) is 9.62. The van der Waals surface area contributed by atoms with Gasteiger partial charge in [0.1, 0.15) is 5.82 Å². The minimum Gasteiger partial charge on any atom is -0.363 e. The van der Waals surface area contributed by atoms with Crippen molar-refractivity contribution in [1.29, 1.82) is 0 Å². The molecule has 1 aromatic heterocycles. The predicted molar refractivity (Wildman–Crippen MR) is 118 cm³/mol. The standard InChI is InChI=1S/C23H19ClF3N3O/c1-30(2)22-14-17(23(25,26)27)13-20(29-22)15-7-9-16(10-8-15)21(31)11-12-28-19-6-4-3-5-18(19)24/h3-14,28H,1-2H3.